The molecule has 1 N–H and O–H groups in total. The number of amides is 1. The Morgan fingerprint density at radius 1 is 0.787 bits per heavy atom. The Hall–Kier alpha value is -3.80. The van der Waals surface area contributed by atoms with E-state index in [1.165, 1.54) is 11.1 Å². The third-order valence-corrected chi connectivity index (χ3v) is 9.62. The fourth-order valence-corrected chi connectivity index (χ4v) is 6.99. The number of nitriles is 1. The monoisotopic (exact) mass is 658 g/mol. The van der Waals surface area contributed by atoms with Crippen LogP contribution in [-0.4, -0.2) is 80.2 Å². The van der Waals surface area contributed by atoms with Crippen molar-refractivity contribution in [2.75, 3.05) is 68.4 Å². The first kappa shape index (κ1) is 39.4. The highest BCUT2D eigenvalue weighted by Crippen LogP contribution is 2.28. The van der Waals surface area contributed by atoms with Crippen molar-refractivity contribution in [2.45, 2.75) is 66.8 Å². The van der Waals surface area contributed by atoms with Gasteiger partial charge in [0.15, 0.2) is 0 Å². The molecule has 0 radical (unpaired) electrons. The molecule has 47 heavy (non-hydrogen) atoms. The number of aryl methyl sites for hydroxylation is 2. The van der Waals surface area contributed by atoms with Crippen LogP contribution in [0.2, 0.25) is 0 Å². The first-order valence-corrected chi connectivity index (χ1v) is 19.4. The number of hydrogen-bond acceptors (Lipinski definition) is 6. The Morgan fingerprint density at radius 3 is 1.87 bits per heavy atom. The van der Waals surface area contributed by atoms with E-state index >= 15 is 0 Å². The third kappa shape index (κ3) is 10.1. The number of anilines is 2. The van der Waals surface area contributed by atoms with Gasteiger partial charge in [-0.1, -0.05) is 77.7 Å². The maximum Gasteiger partial charge on any atom is 0.254 e. The van der Waals surface area contributed by atoms with E-state index in [4.69, 9.17) is 4.78 Å². The third-order valence-electron chi connectivity index (χ3n) is 8.30. The van der Waals surface area contributed by atoms with Gasteiger partial charge in [0.25, 0.3) is 5.91 Å². The minimum atomic E-state index is -1.84. The van der Waals surface area contributed by atoms with Crippen molar-refractivity contribution < 1.29 is 4.79 Å². The zero-order chi connectivity index (χ0) is 35.1. The topological polar surface area (TPSA) is 77.7 Å². The molecule has 0 bridgehead atoms. The second-order valence-corrected chi connectivity index (χ2v) is 13.9. The van der Waals surface area contributed by atoms with Gasteiger partial charge in [-0.3, -0.25) is 14.5 Å². The Bertz CT molecular complexity index is 1580. The lowest BCUT2D eigenvalue weighted by Crippen LogP contribution is -2.49. The van der Waals surface area contributed by atoms with E-state index in [1.54, 1.807) is 0 Å². The summed E-state index contributed by atoms with van der Waals surface area (Å²) in [6.07, 6.45) is 1.90. The molecule has 1 amide bonds. The molecule has 0 aromatic heterocycles. The molecule has 8 heteroatoms. The average Bonchev–Trinajstić information content (AvgIpc) is 3.12. The van der Waals surface area contributed by atoms with Crippen molar-refractivity contribution in [2.24, 2.45) is 0 Å². The summed E-state index contributed by atoms with van der Waals surface area (Å²) >= 11 is 0. The molecule has 3 aromatic rings. The summed E-state index contributed by atoms with van der Waals surface area (Å²) < 4.78 is 8.54. The van der Waals surface area contributed by atoms with Gasteiger partial charge in [-0.2, -0.15) is 5.26 Å². The number of piperazine rings is 2. The number of nitrogens with one attached hydrogen (secondary N) is 1. The summed E-state index contributed by atoms with van der Waals surface area (Å²) in [6, 6.07) is 22.5. The molecular formula is C39H58N6OS. The average molecular weight is 659 g/mol. The van der Waals surface area contributed by atoms with Crippen LogP contribution in [0.3, 0.4) is 0 Å². The van der Waals surface area contributed by atoms with Crippen LogP contribution in [0.25, 0.3) is 0 Å². The Labute approximate surface area is 286 Å². The van der Waals surface area contributed by atoms with Gasteiger partial charge in [0.2, 0.25) is 0 Å². The Morgan fingerprint density at radius 2 is 1.30 bits per heavy atom. The van der Waals surface area contributed by atoms with E-state index in [9.17, 15) is 10.1 Å². The normalized spacial score (nSPS) is 15.8. The molecule has 2 fully saturated rings. The summed E-state index contributed by atoms with van der Waals surface area (Å²) in [5.41, 5.74) is 7.04. The van der Waals surface area contributed by atoms with E-state index in [-0.39, 0.29) is 5.91 Å². The second-order valence-electron chi connectivity index (χ2n) is 11.3. The van der Waals surface area contributed by atoms with Gasteiger partial charge in [0.1, 0.15) is 6.07 Å². The maximum absolute atomic E-state index is 13.7. The number of rotatable bonds is 6. The lowest BCUT2D eigenvalue weighted by molar-refractivity contribution is 0.0745. The van der Waals surface area contributed by atoms with Crippen molar-refractivity contribution >= 4 is 32.6 Å². The van der Waals surface area contributed by atoms with Gasteiger partial charge in [-0.15, -0.1) is 9.41 Å². The molecule has 256 valence electrons. The molecule has 1 unspecified atom stereocenters. The minimum absolute atomic E-state index is 0.0997. The predicted molar refractivity (Wildman–Crippen MR) is 205 cm³/mol. The van der Waals surface area contributed by atoms with E-state index in [0.717, 1.165) is 78.8 Å². The second kappa shape index (κ2) is 19.1. The maximum atomic E-state index is 13.7. The van der Waals surface area contributed by atoms with Crippen molar-refractivity contribution in [3.05, 3.63) is 88.5 Å². The van der Waals surface area contributed by atoms with Crippen LogP contribution < -0.4 is 9.80 Å². The van der Waals surface area contributed by atoms with Crippen LogP contribution in [0.4, 0.5) is 11.4 Å². The smallest absolute Gasteiger partial charge is 0.254 e. The highest BCUT2D eigenvalue weighted by Gasteiger charge is 2.26. The summed E-state index contributed by atoms with van der Waals surface area (Å²) in [7, 11) is -1.84. The van der Waals surface area contributed by atoms with Gasteiger partial charge in [-0.05, 0) is 67.1 Å². The molecule has 0 aliphatic carbocycles. The molecule has 1 atom stereocenters. The Kier molecular flexibility index (Phi) is 16.0. The van der Waals surface area contributed by atoms with Crippen LogP contribution >= 0.6 is 0 Å². The molecule has 3 aromatic carbocycles. The first-order chi connectivity index (χ1) is 22.7. The number of para-hydroxylation sites is 2. The van der Waals surface area contributed by atoms with E-state index in [1.807, 2.05) is 102 Å². The SMILES string of the molecule is C=S(C)(=N)c1ccccc1N1CCN(C(=O)c2cc(CN3CCN(c4ccccc4C#N)CC3)c(C)cc2C)CC1.CC.CC.CC. The van der Waals surface area contributed by atoms with Crippen molar-refractivity contribution in [3.8, 4) is 6.07 Å². The van der Waals surface area contributed by atoms with Gasteiger partial charge >= 0.3 is 0 Å². The number of carbonyl (C=O) groups is 1. The number of nitrogens with zero attached hydrogens (tertiary/aromatic N) is 5. The fraction of sp³-hybridized carbons (Fsp3) is 0.462. The number of carbonyl (C=O) groups excluding carboxylic acids is 1. The number of benzene rings is 3. The zero-order valence-corrected chi connectivity index (χ0v) is 31.2. The van der Waals surface area contributed by atoms with Crippen LogP contribution in [0, 0.1) is 30.0 Å². The summed E-state index contributed by atoms with van der Waals surface area (Å²) in [6.45, 7) is 23.3. The first-order valence-electron chi connectivity index (χ1n) is 17.2. The van der Waals surface area contributed by atoms with E-state index in [0.29, 0.717) is 13.1 Å². The standard InChI is InChI=1S/C33H40N6OS.3C2H6/c1-25-21-26(2)29(22-28(25)24-36-13-15-37(16-14-36)30-10-6-5-9-27(30)23-34)33(40)39-19-17-38(18-20-39)31-11-7-8-12-32(31)41(3,4)35;3*1-2/h5-12,21-22,35H,3,13-20,24H2,1-2,4H3;3*1-2H3. The molecule has 2 saturated heterocycles. The Balaban J connectivity index is 0.00000121. The summed E-state index contributed by atoms with van der Waals surface area (Å²) in [5.74, 6) is 4.21. The molecular weight excluding hydrogens is 601 g/mol. The molecule has 0 spiro atoms. The van der Waals surface area contributed by atoms with Crippen LogP contribution in [0.5, 0.6) is 0 Å². The zero-order valence-electron chi connectivity index (χ0n) is 30.4. The molecule has 7 nitrogen and oxygen atoms in total. The summed E-state index contributed by atoms with van der Waals surface area (Å²) in [4.78, 5) is 23.7. The molecule has 2 aliphatic rings. The van der Waals surface area contributed by atoms with Crippen LogP contribution in [-0.2, 0) is 16.0 Å². The van der Waals surface area contributed by atoms with Gasteiger partial charge in [-0.25, -0.2) is 0 Å². The quantitative estimate of drug-likeness (QED) is 0.273. The van der Waals surface area contributed by atoms with Crippen molar-refractivity contribution in [1.29, 1.82) is 10.0 Å². The molecule has 2 aliphatic heterocycles. The molecule has 0 saturated carbocycles. The largest absolute Gasteiger partial charge is 0.368 e. The lowest BCUT2D eigenvalue weighted by atomic mass is 9.98. The minimum Gasteiger partial charge on any atom is -0.368 e. The lowest BCUT2D eigenvalue weighted by Gasteiger charge is -2.38. The summed E-state index contributed by atoms with van der Waals surface area (Å²) in [5, 5.41) is 9.49. The van der Waals surface area contributed by atoms with Gasteiger partial charge in [0.05, 0.1) is 16.9 Å². The van der Waals surface area contributed by atoms with Gasteiger partial charge < -0.3 is 14.7 Å². The van der Waals surface area contributed by atoms with E-state index < -0.39 is 9.41 Å². The molecule has 2 heterocycles. The van der Waals surface area contributed by atoms with Crippen LogP contribution in [0.1, 0.15) is 74.2 Å². The fourth-order valence-electron chi connectivity index (χ4n) is 5.95. The van der Waals surface area contributed by atoms with E-state index in [2.05, 4.69) is 51.8 Å². The predicted octanol–water partition coefficient (Wildman–Crippen LogP) is 7.88. The van der Waals surface area contributed by atoms with Gasteiger partial charge in [0, 0.05) is 69.4 Å². The van der Waals surface area contributed by atoms with Crippen molar-refractivity contribution in [1.82, 2.24) is 9.80 Å². The number of hydrogen-bond donors (Lipinski definition) is 1. The van der Waals surface area contributed by atoms with Crippen molar-refractivity contribution in [3.63, 3.8) is 0 Å². The van der Waals surface area contributed by atoms with Crippen LogP contribution in [0.15, 0.2) is 65.6 Å². The highest BCUT2D eigenvalue weighted by molar-refractivity contribution is 8.00. The molecule has 5 rings (SSSR count). The highest BCUT2D eigenvalue weighted by atomic mass is 32.2.